The highest BCUT2D eigenvalue weighted by molar-refractivity contribution is 5.85. The van der Waals surface area contributed by atoms with Crippen molar-refractivity contribution in [2.24, 2.45) is 0 Å². The summed E-state index contributed by atoms with van der Waals surface area (Å²) in [4.78, 5) is 21.4. The number of anilines is 1. The van der Waals surface area contributed by atoms with Crippen molar-refractivity contribution in [1.29, 1.82) is 0 Å². The van der Waals surface area contributed by atoms with Crippen LogP contribution < -0.4 is 5.32 Å². The van der Waals surface area contributed by atoms with Crippen LogP contribution in [0.2, 0.25) is 0 Å². The molecule has 0 aliphatic rings. The van der Waals surface area contributed by atoms with Gasteiger partial charge in [0.25, 0.3) is 0 Å². The summed E-state index contributed by atoms with van der Waals surface area (Å²) in [6.07, 6.45) is -0.747. The SMILES string of the molecule is CC(C)(C)OC(=O)Nc1ccc(F)cc1C[N+](=O)[O-]. The van der Waals surface area contributed by atoms with Crippen molar-refractivity contribution in [2.75, 3.05) is 5.32 Å². The third kappa shape index (κ3) is 5.33. The lowest BCUT2D eigenvalue weighted by Crippen LogP contribution is -2.27. The first kappa shape index (κ1) is 14.9. The summed E-state index contributed by atoms with van der Waals surface area (Å²) in [5.74, 6) is -0.605. The van der Waals surface area contributed by atoms with E-state index in [1.807, 2.05) is 0 Å². The monoisotopic (exact) mass is 270 g/mol. The van der Waals surface area contributed by atoms with Crippen molar-refractivity contribution in [3.8, 4) is 0 Å². The van der Waals surface area contributed by atoms with Crippen molar-refractivity contribution in [3.63, 3.8) is 0 Å². The van der Waals surface area contributed by atoms with Crippen molar-refractivity contribution in [2.45, 2.75) is 32.9 Å². The van der Waals surface area contributed by atoms with Gasteiger partial charge in [-0.15, -0.1) is 0 Å². The molecule has 0 unspecified atom stereocenters. The number of benzene rings is 1. The van der Waals surface area contributed by atoms with Gasteiger partial charge in [0.2, 0.25) is 6.54 Å². The van der Waals surface area contributed by atoms with E-state index in [9.17, 15) is 19.3 Å². The van der Waals surface area contributed by atoms with Crippen LogP contribution in [0.15, 0.2) is 18.2 Å². The molecule has 1 aromatic rings. The van der Waals surface area contributed by atoms with E-state index in [2.05, 4.69) is 5.32 Å². The van der Waals surface area contributed by atoms with Gasteiger partial charge in [-0.05, 0) is 39.0 Å². The molecule has 0 saturated carbocycles. The van der Waals surface area contributed by atoms with E-state index in [0.29, 0.717) is 0 Å². The maximum Gasteiger partial charge on any atom is 0.412 e. The number of rotatable bonds is 3. The third-order valence-corrected chi connectivity index (χ3v) is 2.00. The lowest BCUT2D eigenvalue weighted by atomic mass is 10.1. The summed E-state index contributed by atoms with van der Waals surface area (Å²) in [6.45, 7) is 4.49. The second-order valence-electron chi connectivity index (χ2n) is 4.92. The molecule has 0 fully saturated rings. The minimum atomic E-state index is -0.747. The minimum absolute atomic E-state index is 0.0795. The van der Waals surface area contributed by atoms with Gasteiger partial charge in [-0.1, -0.05) is 0 Å². The van der Waals surface area contributed by atoms with Gasteiger partial charge in [0.1, 0.15) is 11.4 Å². The molecule has 6 nitrogen and oxygen atoms in total. The Bertz CT molecular complexity index is 497. The van der Waals surface area contributed by atoms with E-state index in [4.69, 9.17) is 4.74 Å². The third-order valence-electron chi connectivity index (χ3n) is 2.00. The lowest BCUT2D eigenvalue weighted by Gasteiger charge is -2.20. The van der Waals surface area contributed by atoms with Crippen molar-refractivity contribution in [1.82, 2.24) is 0 Å². The number of halogens is 1. The van der Waals surface area contributed by atoms with Crippen LogP contribution in [0.5, 0.6) is 0 Å². The lowest BCUT2D eigenvalue weighted by molar-refractivity contribution is -0.496. The Balaban J connectivity index is 2.88. The summed E-state index contributed by atoms with van der Waals surface area (Å²) in [5.41, 5.74) is -0.448. The number of nitro groups is 1. The summed E-state index contributed by atoms with van der Waals surface area (Å²) in [7, 11) is 0. The van der Waals surface area contributed by atoms with Gasteiger partial charge in [-0.2, -0.15) is 0 Å². The maximum atomic E-state index is 13.0. The molecular weight excluding hydrogens is 255 g/mol. The zero-order valence-electron chi connectivity index (χ0n) is 10.9. The van der Waals surface area contributed by atoms with Crippen LogP contribution in [0.25, 0.3) is 0 Å². The predicted octanol–water partition coefficient (Wildman–Crippen LogP) is 2.95. The number of nitrogens with zero attached hydrogens (tertiary/aromatic N) is 1. The normalized spacial score (nSPS) is 10.9. The average molecular weight is 270 g/mol. The van der Waals surface area contributed by atoms with Crippen LogP contribution in [0.3, 0.4) is 0 Å². The molecule has 0 aromatic heterocycles. The fourth-order valence-corrected chi connectivity index (χ4v) is 1.37. The minimum Gasteiger partial charge on any atom is -0.444 e. The van der Waals surface area contributed by atoms with Crippen LogP contribution in [-0.4, -0.2) is 16.6 Å². The smallest absolute Gasteiger partial charge is 0.412 e. The predicted molar refractivity (Wildman–Crippen MR) is 67.0 cm³/mol. The summed E-state index contributed by atoms with van der Waals surface area (Å²) < 4.78 is 18.1. The van der Waals surface area contributed by atoms with E-state index < -0.39 is 29.0 Å². The highest BCUT2D eigenvalue weighted by Gasteiger charge is 2.18. The first-order valence-electron chi connectivity index (χ1n) is 5.57. The maximum absolute atomic E-state index is 13.0. The Morgan fingerprint density at radius 1 is 1.47 bits per heavy atom. The van der Waals surface area contributed by atoms with Gasteiger partial charge in [0.15, 0.2) is 0 Å². The molecule has 0 saturated heterocycles. The molecule has 0 aliphatic heterocycles. The first-order valence-corrected chi connectivity index (χ1v) is 5.57. The molecule has 0 bridgehead atoms. The summed E-state index contributed by atoms with van der Waals surface area (Å²) in [5, 5.41) is 12.9. The highest BCUT2D eigenvalue weighted by atomic mass is 19.1. The average Bonchev–Trinajstić information content (AvgIpc) is 2.18. The standard InChI is InChI=1S/C12H15FN2O4/c1-12(2,3)19-11(16)14-10-5-4-9(13)6-8(10)7-15(17)18/h4-6H,7H2,1-3H3,(H,14,16). The molecule has 0 spiro atoms. The molecule has 0 heterocycles. The van der Waals surface area contributed by atoms with Crippen LogP contribution in [0, 0.1) is 15.9 Å². The topological polar surface area (TPSA) is 81.5 Å². The second-order valence-corrected chi connectivity index (χ2v) is 4.92. The van der Waals surface area contributed by atoms with E-state index in [1.165, 1.54) is 6.07 Å². The fraction of sp³-hybridized carbons (Fsp3) is 0.417. The van der Waals surface area contributed by atoms with E-state index in [0.717, 1.165) is 12.1 Å². The molecule has 0 aliphatic carbocycles. The van der Waals surface area contributed by atoms with Crippen LogP contribution in [-0.2, 0) is 11.3 Å². The molecule has 7 heteroatoms. The van der Waals surface area contributed by atoms with Crippen molar-refractivity contribution >= 4 is 11.8 Å². The Morgan fingerprint density at radius 2 is 2.11 bits per heavy atom. The number of carbonyl (C=O) groups is 1. The van der Waals surface area contributed by atoms with Crippen LogP contribution in [0.4, 0.5) is 14.9 Å². The molecule has 1 rings (SSSR count). The summed E-state index contributed by atoms with van der Waals surface area (Å²) >= 11 is 0. The van der Waals surface area contributed by atoms with Gasteiger partial charge >= 0.3 is 6.09 Å². The molecule has 1 amide bonds. The molecule has 1 N–H and O–H groups in total. The Hall–Kier alpha value is -2.18. The molecule has 19 heavy (non-hydrogen) atoms. The molecular formula is C12H15FN2O4. The molecule has 104 valence electrons. The Kier molecular flexibility index (Phi) is 4.42. The fourth-order valence-electron chi connectivity index (χ4n) is 1.37. The summed E-state index contributed by atoms with van der Waals surface area (Å²) in [6, 6.07) is 3.38. The van der Waals surface area contributed by atoms with Gasteiger partial charge < -0.3 is 4.74 Å². The van der Waals surface area contributed by atoms with Gasteiger partial charge in [-0.25, -0.2) is 9.18 Å². The second kappa shape index (κ2) is 5.64. The zero-order valence-corrected chi connectivity index (χ0v) is 10.9. The first-order chi connectivity index (χ1) is 8.67. The number of hydrogen-bond donors (Lipinski definition) is 1. The Labute approximate surface area is 109 Å². The van der Waals surface area contributed by atoms with Gasteiger partial charge in [0.05, 0.1) is 5.69 Å². The van der Waals surface area contributed by atoms with E-state index in [-0.39, 0.29) is 11.3 Å². The molecule has 1 aromatic carbocycles. The van der Waals surface area contributed by atoms with Crippen LogP contribution in [0.1, 0.15) is 26.3 Å². The van der Waals surface area contributed by atoms with Crippen molar-refractivity contribution < 1.29 is 18.8 Å². The largest absolute Gasteiger partial charge is 0.444 e. The molecule has 0 radical (unpaired) electrons. The van der Waals surface area contributed by atoms with Crippen LogP contribution >= 0.6 is 0 Å². The quantitative estimate of drug-likeness (QED) is 0.676. The zero-order chi connectivity index (χ0) is 14.6. The highest BCUT2D eigenvalue weighted by Crippen LogP contribution is 2.19. The van der Waals surface area contributed by atoms with E-state index >= 15 is 0 Å². The van der Waals surface area contributed by atoms with E-state index in [1.54, 1.807) is 20.8 Å². The van der Waals surface area contributed by atoms with Gasteiger partial charge in [0, 0.05) is 10.5 Å². The number of carbonyl (C=O) groups excluding carboxylic acids is 1. The number of nitrogens with one attached hydrogen (secondary N) is 1. The Morgan fingerprint density at radius 3 is 2.63 bits per heavy atom. The number of ether oxygens (including phenoxy) is 1. The number of amides is 1. The van der Waals surface area contributed by atoms with Gasteiger partial charge in [-0.3, -0.25) is 15.4 Å². The molecule has 0 atom stereocenters. The van der Waals surface area contributed by atoms with Crippen molar-refractivity contribution in [3.05, 3.63) is 39.7 Å². The number of hydrogen-bond acceptors (Lipinski definition) is 4.